The molecule has 0 radical (unpaired) electrons. The molecule has 0 spiro atoms. The van der Waals surface area contributed by atoms with Gasteiger partial charge < -0.3 is 19.0 Å². The lowest BCUT2D eigenvalue weighted by Gasteiger charge is -2.30. The SMILES string of the molecule is CC.CCc1cc(F)cc([C@@H]2CCN3CCC/C(=C\c4ccc(-n5cnc(C)c5)c(OC)c4)C3=NO2)c1. The van der Waals surface area contributed by atoms with E-state index in [1.54, 1.807) is 25.6 Å². The Morgan fingerprint density at radius 1 is 1.16 bits per heavy atom. The van der Waals surface area contributed by atoms with Crippen molar-refractivity contribution in [2.24, 2.45) is 5.16 Å². The summed E-state index contributed by atoms with van der Waals surface area (Å²) in [5.74, 6) is 1.43. The molecule has 1 aromatic heterocycles. The van der Waals surface area contributed by atoms with E-state index in [0.717, 1.165) is 84.0 Å². The van der Waals surface area contributed by atoms with Gasteiger partial charge in [-0.05, 0) is 78.8 Å². The monoisotopic (exact) mass is 504 g/mol. The minimum Gasteiger partial charge on any atom is -0.495 e. The Morgan fingerprint density at radius 2 is 2.00 bits per heavy atom. The molecule has 7 heteroatoms. The summed E-state index contributed by atoms with van der Waals surface area (Å²) in [5.41, 5.74) is 5.90. The van der Waals surface area contributed by atoms with Crippen molar-refractivity contribution < 1.29 is 14.0 Å². The number of halogens is 1. The van der Waals surface area contributed by atoms with Crippen LogP contribution >= 0.6 is 0 Å². The molecule has 3 heterocycles. The first-order valence-electron chi connectivity index (χ1n) is 13.2. The van der Waals surface area contributed by atoms with E-state index in [1.165, 1.54) is 0 Å². The third-order valence-corrected chi connectivity index (χ3v) is 6.68. The lowest BCUT2D eigenvalue weighted by atomic mass is 9.99. The maximum atomic E-state index is 14.1. The third kappa shape index (κ3) is 6.04. The molecule has 6 nitrogen and oxygen atoms in total. The van der Waals surface area contributed by atoms with Crippen molar-refractivity contribution in [2.75, 3.05) is 20.2 Å². The summed E-state index contributed by atoms with van der Waals surface area (Å²) >= 11 is 0. The quantitative estimate of drug-likeness (QED) is 0.380. The van der Waals surface area contributed by atoms with E-state index in [9.17, 15) is 4.39 Å². The van der Waals surface area contributed by atoms with E-state index in [1.807, 2.05) is 56.7 Å². The van der Waals surface area contributed by atoms with Crippen LogP contribution in [0.3, 0.4) is 0 Å². The zero-order valence-corrected chi connectivity index (χ0v) is 22.5. The molecule has 1 saturated heterocycles. The van der Waals surface area contributed by atoms with Crippen molar-refractivity contribution in [1.29, 1.82) is 0 Å². The number of hydrogen-bond donors (Lipinski definition) is 0. The summed E-state index contributed by atoms with van der Waals surface area (Å²) in [4.78, 5) is 12.6. The standard InChI is InChI=1S/C28H31FN4O2.C2H6/c1-4-20-12-23(16-24(29)14-20)26-9-11-32-10-5-6-22(28(32)31-35-26)13-21-7-8-25(27(15-21)34-3)33-17-19(2)30-18-33;1-2/h7-8,12-18,26H,4-6,9-11H2,1-3H3;1-2H3/b22-13+;/t26-;/m0./s1. The van der Waals surface area contributed by atoms with Crippen LogP contribution in [0.5, 0.6) is 5.75 Å². The molecule has 2 aliphatic rings. The van der Waals surface area contributed by atoms with Gasteiger partial charge in [-0.3, -0.25) is 0 Å². The highest BCUT2D eigenvalue weighted by atomic mass is 19.1. The van der Waals surface area contributed by atoms with E-state index in [-0.39, 0.29) is 11.9 Å². The first-order chi connectivity index (χ1) is 18.0. The van der Waals surface area contributed by atoms with Crippen molar-refractivity contribution in [2.45, 2.75) is 59.5 Å². The van der Waals surface area contributed by atoms with Crippen LogP contribution in [-0.2, 0) is 11.3 Å². The first kappa shape index (κ1) is 26.5. The zero-order valence-electron chi connectivity index (χ0n) is 22.5. The number of amidine groups is 1. The van der Waals surface area contributed by atoms with Crippen LogP contribution in [0.25, 0.3) is 11.8 Å². The van der Waals surface area contributed by atoms with Gasteiger partial charge in [0.25, 0.3) is 0 Å². The average Bonchev–Trinajstić information content (AvgIpc) is 3.23. The second-order valence-electron chi connectivity index (χ2n) is 9.16. The second-order valence-corrected chi connectivity index (χ2v) is 9.16. The summed E-state index contributed by atoms with van der Waals surface area (Å²) < 4.78 is 21.8. The summed E-state index contributed by atoms with van der Waals surface area (Å²) in [6.45, 7) is 9.76. The van der Waals surface area contributed by atoms with Gasteiger partial charge in [0.1, 0.15) is 11.6 Å². The fourth-order valence-electron chi connectivity index (χ4n) is 4.84. The summed E-state index contributed by atoms with van der Waals surface area (Å²) in [6, 6.07) is 11.4. The lowest BCUT2D eigenvalue weighted by Crippen LogP contribution is -2.37. The summed E-state index contributed by atoms with van der Waals surface area (Å²) in [5, 5.41) is 4.58. The number of aryl methyl sites for hydroxylation is 2. The number of oxime groups is 1. The van der Waals surface area contributed by atoms with E-state index in [2.05, 4.69) is 27.2 Å². The lowest BCUT2D eigenvalue weighted by molar-refractivity contribution is 0.0574. The molecular weight excluding hydrogens is 467 g/mol. The highest BCUT2D eigenvalue weighted by molar-refractivity contribution is 6.02. The highest BCUT2D eigenvalue weighted by Gasteiger charge is 2.28. The van der Waals surface area contributed by atoms with Gasteiger partial charge in [0.2, 0.25) is 0 Å². The fraction of sp³-hybridized carbons (Fsp3) is 0.400. The number of hydrogen-bond acceptors (Lipinski definition) is 5. The van der Waals surface area contributed by atoms with Gasteiger partial charge in [0.15, 0.2) is 11.9 Å². The molecule has 1 fully saturated rings. The highest BCUT2D eigenvalue weighted by Crippen LogP contribution is 2.32. The Balaban J connectivity index is 0.00000156. The number of ether oxygens (including phenoxy) is 1. The molecule has 0 bridgehead atoms. The van der Waals surface area contributed by atoms with Crippen molar-refractivity contribution in [3.8, 4) is 11.4 Å². The smallest absolute Gasteiger partial charge is 0.171 e. The maximum Gasteiger partial charge on any atom is 0.171 e. The fourth-order valence-corrected chi connectivity index (χ4v) is 4.84. The number of fused-ring (bicyclic) bond motifs is 1. The van der Waals surface area contributed by atoms with Crippen LogP contribution in [0.2, 0.25) is 0 Å². The first-order valence-corrected chi connectivity index (χ1v) is 13.2. The molecule has 5 rings (SSSR count). The number of piperidine rings is 1. The van der Waals surface area contributed by atoms with Gasteiger partial charge in [-0.25, -0.2) is 9.37 Å². The molecule has 2 aliphatic heterocycles. The number of imidazole rings is 1. The Kier molecular flexibility index (Phi) is 8.64. The van der Waals surface area contributed by atoms with Gasteiger partial charge in [0.05, 0.1) is 24.8 Å². The molecule has 2 aromatic carbocycles. The molecule has 0 saturated carbocycles. The number of aromatic nitrogens is 2. The Morgan fingerprint density at radius 3 is 2.73 bits per heavy atom. The molecule has 37 heavy (non-hydrogen) atoms. The summed E-state index contributed by atoms with van der Waals surface area (Å²) in [6.07, 6.45) is 9.21. The van der Waals surface area contributed by atoms with Crippen LogP contribution in [0.4, 0.5) is 4.39 Å². The minimum absolute atomic E-state index is 0.221. The van der Waals surface area contributed by atoms with Gasteiger partial charge in [-0.2, -0.15) is 0 Å². The van der Waals surface area contributed by atoms with Gasteiger partial charge in [-0.15, -0.1) is 0 Å². The van der Waals surface area contributed by atoms with Crippen molar-refractivity contribution in [1.82, 2.24) is 14.5 Å². The predicted molar refractivity (Wildman–Crippen MR) is 147 cm³/mol. The van der Waals surface area contributed by atoms with Crippen LogP contribution in [0, 0.1) is 12.7 Å². The predicted octanol–water partition coefficient (Wildman–Crippen LogP) is 6.87. The molecule has 3 aromatic rings. The van der Waals surface area contributed by atoms with Crippen LogP contribution in [0.15, 0.2) is 59.7 Å². The van der Waals surface area contributed by atoms with Crippen LogP contribution in [-0.4, -0.2) is 40.5 Å². The minimum atomic E-state index is -0.256. The maximum absolute atomic E-state index is 14.1. The largest absolute Gasteiger partial charge is 0.495 e. The van der Waals surface area contributed by atoms with Crippen molar-refractivity contribution in [3.63, 3.8) is 0 Å². The van der Waals surface area contributed by atoms with Gasteiger partial charge in [-0.1, -0.05) is 38.1 Å². The topological polar surface area (TPSA) is 51.9 Å². The number of nitrogens with zero attached hydrogens (tertiary/aromatic N) is 4. The van der Waals surface area contributed by atoms with E-state index < -0.39 is 0 Å². The molecule has 0 aliphatic carbocycles. The van der Waals surface area contributed by atoms with Crippen LogP contribution < -0.4 is 4.74 Å². The molecule has 1 atom stereocenters. The average molecular weight is 505 g/mol. The van der Waals surface area contributed by atoms with Gasteiger partial charge >= 0.3 is 0 Å². The van der Waals surface area contributed by atoms with Gasteiger partial charge in [0, 0.05) is 25.7 Å². The molecule has 0 unspecified atom stereocenters. The molecule has 196 valence electrons. The summed E-state index contributed by atoms with van der Waals surface area (Å²) in [7, 11) is 1.68. The number of methoxy groups -OCH3 is 1. The molecule has 0 amide bonds. The molecular formula is C30H37FN4O2. The van der Waals surface area contributed by atoms with Crippen molar-refractivity contribution >= 4 is 11.9 Å². The Bertz CT molecular complexity index is 1280. The van der Waals surface area contributed by atoms with E-state index in [4.69, 9.17) is 9.57 Å². The number of benzene rings is 2. The molecule has 0 N–H and O–H groups in total. The Hall–Kier alpha value is -3.61. The van der Waals surface area contributed by atoms with Crippen molar-refractivity contribution in [3.05, 3.63) is 82.7 Å². The van der Waals surface area contributed by atoms with E-state index in [0.29, 0.717) is 0 Å². The number of rotatable bonds is 5. The normalized spacial score (nSPS) is 18.2. The second kappa shape index (κ2) is 12.1. The zero-order chi connectivity index (χ0) is 26.4. The van der Waals surface area contributed by atoms with E-state index >= 15 is 0 Å². The third-order valence-electron chi connectivity index (χ3n) is 6.68. The Labute approximate surface area is 219 Å². The van der Waals surface area contributed by atoms with Crippen LogP contribution in [0.1, 0.15) is 68.5 Å².